The molecule has 15 heteroatoms. The summed E-state index contributed by atoms with van der Waals surface area (Å²) in [6, 6.07) is 0. The molecule has 0 radical (unpaired) electrons. The molecule has 1 atom stereocenters. The Labute approximate surface area is 262 Å². The van der Waals surface area contributed by atoms with Crippen molar-refractivity contribution in [1.29, 1.82) is 10.5 Å². The number of amides is 1. The Bertz CT molecular complexity index is 1240. The van der Waals surface area contributed by atoms with E-state index in [2.05, 4.69) is 21.4 Å². The van der Waals surface area contributed by atoms with Gasteiger partial charge in [-0.15, -0.1) is 0 Å². The number of hydrogen-bond acceptors (Lipinski definition) is 11. The smallest absolute Gasteiger partial charge is 0.407 e. The van der Waals surface area contributed by atoms with E-state index in [1.807, 2.05) is 0 Å². The van der Waals surface area contributed by atoms with Crippen molar-refractivity contribution in [2.45, 2.75) is 110 Å². The number of unbranched alkanes of at least 4 members (excludes halogenated alkanes) is 9. The van der Waals surface area contributed by atoms with Gasteiger partial charge in [0.2, 0.25) is 0 Å². The van der Waals surface area contributed by atoms with E-state index in [1.54, 1.807) is 19.4 Å². The molecule has 0 fully saturated rings. The molecule has 1 unspecified atom stereocenters. The van der Waals surface area contributed by atoms with Gasteiger partial charge in [0.15, 0.2) is 0 Å². The highest BCUT2D eigenvalue weighted by molar-refractivity contribution is 5.81. The first-order chi connectivity index (χ1) is 21.8. The third-order valence-corrected chi connectivity index (χ3v) is 6.78. The number of nitrogens with zero attached hydrogens (tertiary/aromatic N) is 5. The van der Waals surface area contributed by atoms with Crippen molar-refractivity contribution in [3.8, 4) is 12.5 Å². The number of hydrogen-bond donors (Lipinski definition) is 1. The van der Waals surface area contributed by atoms with Gasteiger partial charge in [0, 0.05) is 32.3 Å². The molecule has 1 aromatic rings. The highest BCUT2D eigenvalue weighted by Gasteiger charge is 2.15. The minimum Gasteiger partial charge on any atom is -0.459 e. The maximum absolute atomic E-state index is 13.2. The molecule has 45 heavy (non-hydrogen) atoms. The highest BCUT2D eigenvalue weighted by Crippen LogP contribution is 2.04. The van der Waals surface area contributed by atoms with Crippen LogP contribution in [0, 0.1) is 23.0 Å². The van der Waals surface area contributed by atoms with E-state index in [1.165, 1.54) is 0 Å². The number of alkyl carbamates (subject to hydrolysis) is 1. The second kappa shape index (κ2) is 23.9. The van der Waals surface area contributed by atoms with Gasteiger partial charge in [-0.25, -0.2) is 37.7 Å². The highest BCUT2D eigenvalue weighted by atomic mass is 16.6. The molecule has 0 saturated heterocycles. The molecular formula is C30H46N6O9. The summed E-state index contributed by atoms with van der Waals surface area (Å²) in [4.78, 5) is 62.5. The van der Waals surface area contributed by atoms with E-state index in [4.69, 9.17) is 20.0 Å². The monoisotopic (exact) mass is 634 g/mol. The summed E-state index contributed by atoms with van der Waals surface area (Å²) in [5, 5.41) is 19.5. The van der Waals surface area contributed by atoms with Crippen LogP contribution >= 0.6 is 0 Å². The number of esters is 1. The zero-order valence-electron chi connectivity index (χ0n) is 26.2. The molecule has 1 heterocycles. The van der Waals surface area contributed by atoms with Gasteiger partial charge in [0.05, 0.1) is 0 Å². The molecule has 1 amide bonds. The van der Waals surface area contributed by atoms with Crippen molar-refractivity contribution in [1.82, 2.24) is 19.0 Å². The predicted molar refractivity (Wildman–Crippen MR) is 163 cm³/mol. The van der Waals surface area contributed by atoms with Crippen molar-refractivity contribution >= 4 is 12.1 Å². The number of carbonyl (C=O) groups is 2. The van der Waals surface area contributed by atoms with E-state index < -0.39 is 35.2 Å². The lowest BCUT2D eigenvalue weighted by molar-refractivity contribution is -0.140. The van der Waals surface area contributed by atoms with Crippen molar-refractivity contribution in [2.75, 3.05) is 26.4 Å². The molecule has 0 spiro atoms. The Kier molecular flexibility index (Phi) is 20.4. The van der Waals surface area contributed by atoms with Crippen LogP contribution in [0.15, 0.2) is 27.0 Å². The largest absolute Gasteiger partial charge is 0.459 e. The van der Waals surface area contributed by atoms with Crippen LogP contribution in [-0.4, -0.2) is 58.2 Å². The average Bonchev–Trinajstić information content (AvgIpc) is 3.02. The molecule has 1 N–H and O–H groups in total. The fourth-order valence-electron chi connectivity index (χ4n) is 4.40. The number of aromatic nitrogens is 3. The first-order valence-electron chi connectivity index (χ1n) is 15.5. The Morgan fingerprint density at radius 2 is 1.18 bits per heavy atom. The van der Waals surface area contributed by atoms with Crippen molar-refractivity contribution in [3.63, 3.8) is 0 Å². The average molecular weight is 635 g/mol. The van der Waals surface area contributed by atoms with Gasteiger partial charge in [0.1, 0.15) is 25.9 Å². The molecular weight excluding hydrogens is 588 g/mol. The van der Waals surface area contributed by atoms with Gasteiger partial charge in [-0.1, -0.05) is 32.3 Å². The standard InChI is InChI=1S/C30H46N6O9/c1-3-26(37)44-22-25(2)45-27(38)33-16-10-4-5-11-17-34-28(39)35(18-12-6-8-14-20-42-23-31)30(41)36(29(34)40)19-13-7-9-15-21-43-24-32/h3,25H,1,4-22H2,2H3,(H,33,38). The fraction of sp³-hybridized carbons (Fsp3) is 0.700. The fourth-order valence-corrected chi connectivity index (χ4v) is 4.40. The van der Waals surface area contributed by atoms with Crippen LogP contribution in [0.25, 0.3) is 0 Å². The molecule has 0 saturated carbocycles. The van der Waals surface area contributed by atoms with Gasteiger partial charge < -0.3 is 24.3 Å². The second-order valence-electron chi connectivity index (χ2n) is 10.4. The van der Waals surface area contributed by atoms with Crippen LogP contribution in [0.2, 0.25) is 0 Å². The summed E-state index contributed by atoms with van der Waals surface area (Å²) in [6.45, 7) is 6.34. The molecule has 0 aromatic carbocycles. The lowest BCUT2D eigenvalue weighted by Gasteiger charge is -2.14. The summed E-state index contributed by atoms with van der Waals surface area (Å²) in [5.41, 5.74) is -1.87. The summed E-state index contributed by atoms with van der Waals surface area (Å²) < 4.78 is 22.6. The third kappa shape index (κ3) is 16.2. The van der Waals surface area contributed by atoms with Crippen LogP contribution < -0.4 is 22.4 Å². The number of nitrogens with one attached hydrogen (secondary N) is 1. The molecule has 250 valence electrons. The summed E-state index contributed by atoms with van der Waals surface area (Å²) in [7, 11) is 0. The third-order valence-electron chi connectivity index (χ3n) is 6.78. The van der Waals surface area contributed by atoms with Crippen LogP contribution in [0.3, 0.4) is 0 Å². The van der Waals surface area contributed by atoms with Crippen molar-refractivity contribution < 1.29 is 28.5 Å². The van der Waals surface area contributed by atoms with Gasteiger partial charge in [-0.05, 0) is 58.3 Å². The Morgan fingerprint density at radius 3 is 1.60 bits per heavy atom. The Morgan fingerprint density at radius 1 is 0.756 bits per heavy atom. The van der Waals surface area contributed by atoms with Crippen molar-refractivity contribution in [3.05, 3.63) is 44.1 Å². The summed E-state index contributed by atoms with van der Waals surface area (Å²) >= 11 is 0. The van der Waals surface area contributed by atoms with Gasteiger partial charge in [-0.2, -0.15) is 10.5 Å². The van der Waals surface area contributed by atoms with Gasteiger partial charge in [-0.3, -0.25) is 0 Å². The van der Waals surface area contributed by atoms with Crippen LogP contribution in [0.1, 0.15) is 84.0 Å². The van der Waals surface area contributed by atoms with Crippen LogP contribution in [0.4, 0.5) is 4.79 Å². The van der Waals surface area contributed by atoms with E-state index in [0.29, 0.717) is 64.7 Å². The van der Waals surface area contributed by atoms with Gasteiger partial charge >= 0.3 is 29.1 Å². The molecule has 1 rings (SSSR count). The topological polar surface area (TPSA) is 197 Å². The molecule has 0 aliphatic heterocycles. The molecule has 0 aliphatic carbocycles. The lowest BCUT2D eigenvalue weighted by atomic mass is 10.2. The minimum atomic E-state index is -0.627. The summed E-state index contributed by atoms with van der Waals surface area (Å²) in [6.07, 6.45) is 11.1. The van der Waals surface area contributed by atoms with Crippen LogP contribution in [-0.2, 0) is 43.4 Å². The molecule has 0 aliphatic rings. The second-order valence-corrected chi connectivity index (χ2v) is 10.4. The van der Waals surface area contributed by atoms with E-state index in [-0.39, 0.29) is 26.2 Å². The van der Waals surface area contributed by atoms with Crippen molar-refractivity contribution in [2.24, 2.45) is 0 Å². The normalized spacial score (nSPS) is 11.1. The lowest BCUT2D eigenvalue weighted by Crippen LogP contribution is -2.54. The minimum absolute atomic E-state index is 0.0792. The molecule has 15 nitrogen and oxygen atoms in total. The molecule has 0 bridgehead atoms. The SMILES string of the molecule is C=CC(=O)OCC(C)OC(=O)NCCCCCCn1c(=O)n(CCCCCCOC#N)c(=O)n(CCCCCCOC#N)c1=O. The van der Waals surface area contributed by atoms with E-state index >= 15 is 0 Å². The number of nitriles is 2. The maximum atomic E-state index is 13.2. The maximum Gasteiger partial charge on any atom is 0.407 e. The summed E-state index contributed by atoms with van der Waals surface area (Å²) in [5.74, 6) is -0.601. The molecule has 1 aromatic heterocycles. The first-order valence-corrected chi connectivity index (χ1v) is 15.5. The van der Waals surface area contributed by atoms with Crippen LogP contribution in [0.5, 0.6) is 0 Å². The number of carbonyl (C=O) groups excluding carboxylic acids is 2. The quantitative estimate of drug-likeness (QED) is 0.0718. The zero-order chi connectivity index (χ0) is 33.3. The zero-order valence-corrected chi connectivity index (χ0v) is 26.2. The van der Waals surface area contributed by atoms with E-state index in [0.717, 1.165) is 51.9 Å². The number of ether oxygens (including phenoxy) is 4. The first kappa shape index (κ1) is 38.5. The Hall–Kier alpha value is -4.53. The van der Waals surface area contributed by atoms with E-state index in [9.17, 15) is 24.0 Å². The van der Waals surface area contributed by atoms with Gasteiger partial charge in [0.25, 0.3) is 12.5 Å². The number of rotatable bonds is 25. The predicted octanol–water partition coefficient (Wildman–Crippen LogP) is 2.69. The Balaban J connectivity index is 2.68.